The fourth-order valence-corrected chi connectivity index (χ4v) is 2.47. The number of hydrogen-bond donors (Lipinski definition) is 1. The third-order valence-corrected chi connectivity index (χ3v) is 3.66. The smallest absolute Gasteiger partial charge is 0.255 e. The molecule has 0 saturated carbocycles. The highest BCUT2D eigenvalue weighted by molar-refractivity contribution is 7.95. The number of aryl methyl sites for hydroxylation is 1. The topological polar surface area (TPSA) is 64.0 Å². The molecule has 5 nitrogen and oxygen atoms in total. The second-order valence-electron chi connectivity index (χ2n) is 3.87. The van der Waals surface area contributed by atoms with Crippen LogP contribution in [0.5, 0.6) is 0 Å². The molecule has 0 fully saturated rings. The minimum Gasteiger partial charge on any atom is -0.277 e. The van der Waals surface area contributed by atoms with Gasteiger partial charge in [0, 0.05) is 18.3 Å². The Labute approximate surface area is 116 Å². The van der Waals surface area contributed by atoms with Crippen molar-refractivity contribution < 1.29 is 8.42 Å². The van der Waals surface area contributed by atoms with E-state index in [-0.39, 0.29) is 0 Å². The zero-order valence-electron chi connectivity index (χ0n) is 10.1. The van der Waals surface area contributed by atoms with Crippen LogP contribution in [-0.4, -0.2) is 18.2 Å². The lowest BCUT2D eigenvalue weighted by Crippen LogP contribution is -2.08. The lowest BCUT2D eigenvalue weighted by atomic mass is 10.2. The number of nitrogens with zero attached hydrogens (tertiary/aromatic N) is 2. The molecule has 0 bridgehead atoms. The molecule has 0 saturated heterocycles. The van der Waals surface area contributed by atoms with Gasteiger partial charge in [-0.1, -0.05) is 29.8 Å². The second kappa shape index (κ2) is 5.46. The van der Waals surface area contributed by atoms with E-state index in [1.54, 1.807) is 37.5 Å². The van der Waals surface area contributed by atoms with Crippen molar-refractivity contribution in [2.24, 2.45) is 7.05 Å². The largest absolute Gasteiger partial charge is 0.277 e. The van der Waals surface area contributed by atoms with E-state index in [0.717, 1.165) is 5.41 Å². The van der Waals surface area contributed by atoms with E-state index in [4.69, 9.17) is 11.6 Å². The maximum atomic E-state index is 11.8. The van der Waals surface area contributed by atoms with Crippen molar-refractivity contribution in [3.63, 3.8) is 0 Å². The zero-order valence-corrected chi connectivity index (χ0v) is 11.7. The quantitative estimate of drug-likeness (QED) is 0.943. The maximum Gasteiger partial charge on any atom is 0.255 e. The summed E-state index contributed by atoms with van der Waals surface area (Å²) in [5, 5.41) is 5.44. The van der Waals surface area contributed by atoms with Crippen LogP contribution < -0.4 is 4.72 Å². The normalized spacial score (nSPS) is 11.9. The van der Waals surface area contributed by atoms with Crippen LogP contribution >= 0.6 is 11.6 Å². The molecular formula is C12H12ClN3O2S. The zero-order chi connectivity index (χ0) is 13.9. The van der Waals surface area contributed by atoms with E-state index in [9.17, 15) is 8.42 Å². The van der Waals surface area contributed by atoms with Crippen LogP contribution in [-0.2, 0) is 17.1 Å². The first-order chi connectivity index (χ1) is 8.96. The summed E-state index contributed by atoms with van der Waals surface area (Å²) >= 11 is 5.94. The highest BCUT2D eigenvalue weighted by Gasteiger charge is 2.07. The second-order valence-corrected chi connectivity index (χ2v) is 5.85. The molecule has 2 rings (SSSR count). The van der Waals surface area contributed by atoms with Gasteiger partial charge >= 0.3 is 0 Å². The van der Waals surface area contributed by atoms with Gasteiger partial charge in [-0.05, 0) is 17.7 Å². The van der Waals surface area contributed by atoms with Crippen LogP contribution in [0.25, 0.3) is 6.08 Å². The summed E-state index contributed by atoms with van der Waals surface area (Å²) < 4.78 is 27.5. The van der Waals surface area contributed by atoms with Crippen LogP contribution in [0.4, 0.5) is 5.69 Å². The minimum atomic E-state index is -3.58. The van der Waals surface area contributed by atoms with Gasteiger partial charge in [-0.25, -0.2) is 8.42 Å². The van der Waals surface area contributed by atoms with Crippen molar-refractivity contribution in [3.05, 3.63) is 52.7 Å². The van der Waals surface area contributed by atoms with E-state index in [1.807, 2.05) is 0 Å². The first-order valence-electron chi connectivity index (χ1n) is 5.40. The van der Waals surface area contributed by atoms with E-state index < -0.39 is 10.0 Å². The number of rotatable bonds is 4. The fraction of sp³-hybridized carbons (Fsp3) is 0.0833. The molecule has 0 atom stereocenters. The molecule has 1 aromatic heterocycles. The lowest BCUT2D eigenvalue weighted by Gasteiger charge is -2.01. The first-order valence-corrected chi connectivity index (χ1v) is 7.33. The van der Waals surface area contributed by atoms with Gasteiger partial charge < -0.3 is 0 Å². The number of sulfonamides is 1. The molecular weight excluding hydrogens is 286 g/mol. The van der Waals surface area contributed by atoms with Crippen LogP contribution in [0.1, 0.15) is 5.56 Å². The van der Waals surface area contributed by atoms with Gasteiger partial charge in [0.15, 0.2) is 0 Å². The third kappa shape index (κ3) is 3.84. The number of halogens is 1. The van der Waals surface area contributed by atoms with Crippen molar-refractivity contribution in [1.29, 1.82) is 0 Å². The van der Waals surface area contributed by atoms with Crippen LogP contribution in [0.15, 0.2) is 42.1 Å². The molecule has 0 aliphatic rings. The summed E-state index contributed by atoms with van der Waals surface area (Å²) in [7, 11) is -1.87. The van der Waals surface area contributed by atoms with Crippen LogP contribution in [0.2, 0.25) is 5.02 Å². The van der Waals surface area contributed by atoms with Crippen molar-refractivity contribution in [2.45, 2.75) is 0 Å². The Morgan fingerprint density at radius 3 is 2.74 bits per heavy atom. The van der Waals surface area contributed by atoms with Gasteiger partial charge in [-0.15, -0.1) is 0 Å². The summed E-state index contributed by atoms with van der Waals surface area (Å²) in [5.41, 5.74) is 1.05. The van der Waals surface area contributed by atoms with E-state index in [0.29, 0.717) is 16.3 Å². The molecule has 19 heavy (non-hydrogen) atoms. The molecule has 0 unspecified atom stereocenters. The molecule has 1 N–H and O–H groups in total. The van der Waals surface area contributed by atoms with Gasteiger partial charge in [0.05, 0.1) is 17.3 Å². The highest BCUT2D eigenvalue weighted by atomic mass is 35.5. The number of aromatic nitrogens is 2. The molecule has 7 heteroatoms. The Balaban J connectivity index is 2.15. The number of hydrogen-bond acceptors (Lipinski definition) is 3. The molecule has 0 aliphatic heterocycles. The van der Waals surface area contributed by atoms with Crippen molar-refractivity contribution in [3.8, 4) is 0 Å². The first kappa shape index (κ1) is 13.6. The van der Waals surface area contributed by atoms with Crippen molar-refractivity contribution >= 4 is 33.4 Å². The van der Waals surface area contributed by atoms with E-state index in [2.05, 4.69) is 9.82 Å². The van der Waals surface area contributed by atoms with Crippen molar-refractivity contribution in [2.75, 3.05) is 4.72 Å². The summed E-state index contributed by atoms with van der Waals surface area (Å²) in [6.07, 6.45) is 4.45. The Morgan fingerprint density at radius 2 is 2.11 bits per heavy atom. The molecule has 0 radical (unpaired) electrons. The Bertz CT molecular complexity index is 707. The molecule has 1 heterocycles. The number of benzene rings is 1. The van der Waals surface area contributed by atoms with Gasteiger partial charge in [-0.3, -0.25) is 9.40 Å². The molecule has 100 valence electrons. The summed E-state index contributed by atoms with van der Waals surface area (Å²) in [4.78, 5) is 0. The predicted octanol–water partition coefficient (Wildman–Crippen LogP) is 2.49. The van der Waals surface area contributed by atoms with Gasteiger partial charge in [0.1, 0.15) is 0 Å². The van der Waals surface area contributed by atoms with E-state index >= 15 is 0 Å². The molecule has 0 spiro atoms. The average Bonchev–Trinajstić information content (AvgIpc) is 2.73. The van der Waals surface area contributed by atoms with Crippen molar-refractivity contribution in [1.82, 2.24) is 9.78 Å². The standard InChI is InChI=1S/C12H12ClN3O2S/c1-16-9-11(8-14-16)15-19(17,18)7-6-10-4-2-3-5-12(10)13/h2-9,15H,1H3/b7-6-. The van der Waals surface area contributed by atoms with Gasteiger partial charge in [0.2, 0.25) is 0 Å². The average molecular weight is 298 g/mol. The number of anilines is 1. The number of nitrogens with one attached hydrogen (secondary N) is 1. The predicted molar refractivity (Wildman–Crippen MR) is 76.2 cm³/mol. The van der Waals surface area contributed by atoms with Crippen LogP contribution in [0, 0.1) is 0 Å². The Kier molecular flexibility index (Phi) is 3.92. The van der Waals surface area contributed by atoms with Gasteiger partial charge in [-0.2, -0.15) is 5.10 Å². The summed E-state index contributed by atoms with van der Waals surface area (Å²) in [6.45, 7) is 0. The fourth-order valence-electron chi connectivity index (χ4n) is 1.45. The Hall–Kier alpha value is -1.79. The van der Waals surface area contributed by atoms with Crippen LogP contribution in [0.3, 0.4) is 0 Å². The monoisotopic (exact) mass is 297 g/mol. The SMILES string of the molecule is Cn1cc(NS(=O)(=O)/C=C\c2ccccc2Cl)cn1. The third-order valence-electron chi connectivity index (χ3n) is 2.30. The molecule has 0 aliphatic carbocycles. The van der Waals surface area contributed by atoms with Gasteiger partial charge in [0.25, 0.3) is 10.0 Å². The Morgan fingerprint density at radius 1 is 1.37 bits per heavy atom. The molecule has 2 aromatic rings. The lowest BCUT2D eigenvalue weighted by molar-refractivity contribution is 0.609. The molecule has 0 amide bonds. The van der Waals surface area contributed by atoms with E-state index in [1.165, 1.54) is 17.0 Å². The minimum absolute atomic E-state index is 0.409. The summed E-state index contributed by atoms with van der Waals surface area (Å²) in [6, 6.07) is 7.00. The summed E-state index contributed by atoms with van der Waals surface area (Å²) in [5.74, 6) is 0. The maximum absolute atomic E-state index is 11.8. The molecule has 1 aromatic carbocycles. The highest BCUT2D eigenvalue weighted by Crippen LogP contribution is 2.17.